The highest BCUT2D eigenvalue weighted by Crippen LogP contribution is 2.39. The third-order valence-corrected chi connectivity index (χ3v) is 7.36. The lowest BCUT2D eigenvalue weighted by Crippen LogP contribution is -2.48. The highest BCUT2D eigenvalue weighted by molar-refractivity contribution is 7.92. The van der Waals surface area contributed by atoms with Gasteiger partial charge in [0, 0.05) is 16.8 Å². The zero-order valence-corrected chi connectivity index (χ0v) is 19.0. The standard InChI is InChI=1S/C23H19ClN2O6S/c1-14-2-6-17(7-3-14)33(28,29)26-12-22(32-19-8-4-15(24)10-18(19)26)23(27)25-16-5-9-20-21(11-16)31-13-30-20/h2-11,22H,12-13H2,1H3,(H,25,27)/t22-/m0/s1. The normalized spacial score (nSPS) is 16.7. The Morgan fingerprint density at radius 2 is 1.73 bits per heavy atom. The second kappa shape index (κ2) is 8.17. The molecule has 33 heavy (non-hydrogen) atoms. The summed E-state index contributed by atoms with van der Waals surface area (Å²) < 4.78 is 44.6. The molecule has 0 radical (unpaired) electrons. The van der Waals surface area contributed by atoms with Gasteiger partial charge in [0.05, 0.1) is 17.1 Å². The van der Waals surface area contributed by atoms with E-state index in [0.717, 1.165) is 9.87 Å². The van der Waals surface area contributed by atoms with Gasteiger partial charge in [0.15, 0.2) is 17.6 Å². The number of anilines is 2. The number of ether oxygens (including phenoxy) is 3. The van der Waals surface area contributed by atoms with Crippen molar-refractivity contribution in [2.45, 2.75) is 17.9 Å². The molecule has 5 rings (SSSR count). The van der Waals surface area contributed by atoms with Crippen molar-refractivity contribution in [1.82, 2.24) is 0 Å². The average molecular weight is 487 g/mol. The molecule has 10 heteroatoms. The molecular formula is C23H19ClN2O6S. The molecule has 1 amide bonds. The van der Waals surface area contributed by atoms with Crippen LogP contribution in [0.3, 0.4) is 0 Å². The molecule has 0 spiro atoms. The molecule has 3 aromatic rings. The molecule has 2 aliphatic rings. The first-order valence-electron chi connectivity index (χ1n) is 10.1. The van der Waals surface area contributed by atoms with Gasteiger partial charge in [0.25, 0.3) is 15.9 Å². The first kappa shape index (κ1) is 21.4. The van der Waals surface area contributed by atoms with Gasteiger partial charge in [-0.05, 0) is 49.4 Å². The number of amides is 1. The second-order valence-electron chi connectivity index (χ2n) is 7.63. The summed E-state index contributed by atoms with van der Waals surface area (Å²) >= 11 is 6.13. The van der Waals surface area contributed by atoms with E-state index in [0.29, 0.717) is 22.2 Å². The van der Waals surface area contributed by atoms with E-state index in [9.17, 15) is 13.2 Å². The van der Waals surface area contributed by atoms with Crippen LogP contribution in [-0.2, 0) is 14.8 Å². The molecular weight excluding hydrogens is 468 g/mol. The van der Waals surface area contributed by atoms with Crippen molar-refractivity contribution in [2.24, 2.45) is 0 Å². The van der Waals surface area contributed by atoms with Crippen molar-refractivity contribution in [3.8, 4) is 17.2 Å². The fourth-order valence-corrected chi connectivity index (χ4v) is 5.26. The Morgan fingerprint density at radius 1 is 1.00 bits per heavy atom. The molecule has 0 fully saturated rings. The Hall–Kier alpha value is -3.43. The van der Waals surface area contributed by atoms with Gasteiger partial charge in [-0.15, -0.1) is 0 Å². The van der Waals surface area contributed by atoms with Crippen LogP contribution >= 0.6 is 11.6 Å². The van der Waals surface area contributed by atoms with Gasteiger partial charge in [0.2, 0.25) is 6.79 Å². The van der Waals surface area contributed by atoms with E-state index in [4.69, 9.17) is 25.8 Å². The van der Waals surface area contributed by atoms with Crippen molar-refractivity contribution < 1.29 is 27.4 Å². The van der Waals surface area contributed by atoms with E-state index >= 15 is 0 Å². The predicted molar refractivity (Wildman–Crippen MR) is 123 cm³/mol. The van der Waals surface area contributed by atoms with Crippen LogP contribution in [-0.4, -0.2) is 33.8 Å². The summed E-state index contributed by atoms with van der Waals surface area (Å²) in [5, 5.41) is 3.11. The maximum Gasteiger partial charge on any atom is 0.267 e. The van der Waals surface area contributed by atoms with E-state index in [1.54, 1.807) is 42.5 Å². The number of nitrogens with zero attached hydrogens (tertiary/aromatic N) is 1. The molecule has 2 heterocycles. The minimum atomic E-state index is -3.98. The Bertz CT molecular complexity index is 1340. The lowest BCUT2D eigenvalue weighted by Gasteiger charge is -2.34. The first-order chi connectivity index (χ1) is 15.8. The van der Waals surface area contributed by atoms with E-state index in [-0.39, 0.29) is 29.7 Å². The SMILES string of the molecule is Cc1ccc(S(=O)(=O)N2C[C@@H](C(=O)Nc3ccc4c(c3)OCO4)Oc3ccc(Cl)cc32)cc1. The smallest absolute Gasteiger partial charge is 0.267 e. The molecule has 8 nitrogen and oxygen atoms in total. The van der Waals surface area contributed by atoms with E-state index < -0.39 is 22.0 Å². The van der Waals surface area contributed by atoms with Crippen molar-refractivity contribution in [3.63, 3.8) is 0 Å². The molecule has 0 aromatic heterocycles. The number of hydrogen-bond donors (Lipinski definition) is 1. The molecule has 0 unspecified atom stereocenters. The fraction of sp³-hybridized carbons (Fsp3) is 0.174. The molecule has 0 aliphatic carbocycles. The number of sulfonamides is 1. The molecule has 2 aliphatic heterocycles. The number of hydrogen-bond acceptors (Lipinski definition) is 6. The van der Waals surface area contributed by atoms with Crippen LogP contribution < -0.4 is 23.8 Å². The van der Waals surface area contributed by atoms with E-state index in [1.165, 1.54) is 18.2 Å². The molecule has 3 aromatic carbocycles. The zero-order chi connectivity index (χ0) is 23.2. The largest absolute Gasteiger partial charge is 0.476 e. The quantitative estimate of drug-likeness (QED) is 0.599. The van der Waals surface area contributed by atoms with Crippen LogP contribution in [0.25, 0.3) is 0 Å². The fourth-order valence-electron chi connectivity index (χ4n) is 3.62. The number of aryl methyl sites for hydroxylation is 1. The van der Waals surface area contributed by atoms with Crippen LogP contribution in [0.1, 0.15) is 5.56 Å². The third-order valence-electron chi connectivity index (χ3n) is 5.33. The minimum Gasteiger partial charge on any atom is -0.476 e. The molecule has 1 N–H and O–H groups in total. The van der Waals surface area contributed by atoms with Crippen LogP contribution in [0.15, 0.2) is 65.6 Å². The summed E-state index contributed by atoms with van der Waals surface area (Å²) in [6.07, 6.45) is -1.09. The summed E-state index contributed by atoms with van der Waals surface area (Å²) in [5.74, 6) is 0.842. The topological polar surface area (TPSA) is 94.2 Å². The Labute approximate surface area is 195 Å². The van der Waals surface area contributed by atoms with Gasteiger partial charge in [-0.25, -0.2) is 8.42 Å². The number of benzene rings is 3. The predicted octanol–water partition coefficient (Wildman–Crippen LogP) is 3.97. The molecule has 1 atom stereocenters. The number of halogens is 1. The maximum atomic E-state index is 13.5. The third kappa shape index (κ3) is 4.05. The number of rotatable bonds is 4. The lowest BCUT2D eigenvalue weighted by atomic mass is 10.2. The number of carbonyl (C=O) groups excluding carboxylic acids is 1. The van der Waals surface area contributed by atoms with Crippen molar-refractivity contribution in [1.29, 1.82) is 0 Å². The maximum absolute atomic E-state index is 13.5. The Balaban J connectivity index is 1.46. The van der Waals surface area contributed by atoms with Gasteiger partial charge in [0.1, 0.15) is 5.75 Å². The summed E-state index contributed by atoms with van der Waals surface area (Å²) in [7, 11) is -3.98. The summed E-state index contributed by atoms with van der Waals surface area (Å²) in [5.41, 5.74) is 1.68. The number of nitrogens with one attached hydrogen (secondary N) is 1. The van der Waals surface area contributed by atoms with Gasteiger partial charge in [-0.1, -0.05) is 29.3 Å². The van der Waals surface area contributed by atoms with E-state index in [1.807, 2.05) is 6.92 Å². The van der Waals surface area contributed by atoms with Crippen LogP contribution in [0.4, 0.5) is 11.4 Å². The number of fused-ring (bicyclic) bond motifs is 2. The van der Waals surface area contributed by atoms with Gasteiger partial charge in [-0.3, -0.25) is 9.10 Å². The average Bonchev–Trinajstić information content (AvgIpc) is 3.26. The van der Waals surface area contributed by atoms with Crippen molar-refractivity contribution in [2.75, 3.05) is 23.0 Å². The van der Waals surface area contributed by atoms with Gasteiger partial charge in [-0.2, -0.15) is 0 Å². The zero-order valence-electron chi connectivity index (χ0n) is 17.4. The molecule has 0 bridgehead atoms. The molecule has 170 valence electrons. The number of carbonyl (C=O) groups is 1. The van der Waals surface area contributed by atoms with E-state index in [2.05, 4.69) is 5.32 Å². The first-order valence-corrected chi connectivity index (χ1v) is 11.9. The second-order valence-corrected chi connectivity index (χ2v) is 9.92. The minimum absolute atomic E-state index is 0.107. The summed E-state index contributed by atoms with van der Waals surface area (Å²) in [6.45, 7) is 1.76. The molecule has 0 saturated carbocycles. The summed E-state index contributed by atoms with van der Waals surface area (Å²) in [4.78, 5) is 13.1. The Morgan fingerprint density at radius 3 is 2.52 bits per heavy atom. The van der Waals surface area contributed by atoms with Crippen LogP contribution in [0.2, 0.25) is 5.02 Å². The molecule has 0 saturated heterocycles. The van der Waals surface area contributed by atoms with Crippen LogP contribution in [0.5, 0.6) is 17.2 Å². The Kier molecular flexibility index (Phi) is 5.30. The monoisotopic (exact) mass is 486 g/mol. The highest BCUT2D eigenvalue weighted by atomic mass is 35.5. The van der Waals surface area contributed by atoms with Gasteiger partial charge < -0.3 is 19.5 Å². The van der Waals surface area contributed by atoms with Crippen molar-refractivity contribution >= 4 is 38.9 Å². The highest BCUT2D eigenvalue weighted by Gasteiger charge is 2.38. The van der Waals surface area contributed by atoms with Crippen molar-refractivity contribution in [3.05, 3.63) is 71.2 Å². The summed E-state index contributed by atoms with van der Waals surface area (Å²) in [6, 6.07) is 16.1. The van der Waals surface area contributed by atoms with Crippen LogP contribution in [0, 0.1) is 6.92 Å². The lowest BCUT2D eigenvalue weighted by molar-refractivity contribution is -0.122. The van der Waals surface area contributed by atoms with Gasteiger partial charge >= 0.3 is 0 Å².